The van der Waals surface area contributed by atoms with Gasteiger partial charge < -0.3 is 14.5 Å². The molecule has 0 spiro atoms. The Morgan fingerprint density at radius 1 is 1.33 bits per heavy atom. The number of carbonyl (C=O) groups is 2. The Hall–Kier alpha value is -1.59. The monoisotopic (exact) mass is 350 g/mol. The van der Waals surface area contributed by atoms with E-state index in [1.54, 1.807) is 29.0 Å². The molecule has 2 fully saturated rings. The van der Waals surface area contributed by atoms with Crippen LogP contribution in [-0.2, 0) is 14.3 Å². The van der Waals surface area contributed by atoms with E-state index in [0.717, 1.165) is 24.9 Å². The average molecular weight is 351 g/mol. The molecule has 5 nitrogen and oxygen atoms in total. The predicted octanol–water partition coefficient (Wildman–Crippen LogP) is 2.72. The molecule has 0 N–H and O–H groups in total. The van der Waals surface area contributed by atoms with E-state index < -0.39 is 5.41 Å². The molecule has 3 rings (SSSR count). The Morgan fingerprint density at radius 2 is 2.00 bits per heavy atom. The van der Waals surface area contributed by atoms with E-state index in [4.69, 9.17) is 16.3 Å². The number of hydrogen-bond acceptors (Lipinski definition) is 3. The first-order valence-electron chi connectivity index (χ1n) is 8.33. The minimum atomic E-state index is -0.425. The van der Waals surface area contributed by atoms with Gasteiger partial charge in [-0.25, -0.2) is 0 Å². The number of nitrogens with zero attached hydrogens (tertiary/aromatic N) is 2. The molecule has 1 atom stereocenters. The van der Waals surface area contributed by atoms with Gasteiger partial charge in [-0.1, -0.05) is 18.0 Å². The molecule has 24 heavy (non-hydrogen) atoms. The van der Waals surface area contributed by atoms with Gasteiger partial charge in [-0.05, 0) is 44.0 Å². The summed E-state index contributed by atoms with van der Waals surface area (Å²) < 4.78 is 5.27. The summed E-state index contributed by atoms with van der Waals surface area (Å²) in [4.78, 5) is 29.1. The number of amides is 2. The van der Waals surface area contributed by atoms with E-state index in [9.17, 15) is 9.59 Å². The van der Waals surface area contributed by atoms with Gasteiger partial charge in [0.25, 0.3) is 0 Å². The standard InChI is InChI=1S/C18H23ClN2O3/c1-13-10-21(15-6-4-14(19)5-7-15)16(22)11-20(13)17(23)18(12-24-2)8-3-9-18/h4-7,13H,3,8-12H2,1-2H3/t13-/m0/s1. The highest BCUT2D eigenvalue weighted by molar-refractivity contribution is 6.30. The van der Waals surface area contributed by atoms with Crippen LogP contribution in [0.25, 0.3) is 0 Å². The zero-order valence-corrected chi connectivity index (χ0v) is 14.9. The van der Waals surface area contributed by atoms with E-state index in [-0.39, 0.29) is 24.4 Å². The van der Waals surface area contributed by atoms with Crippen molar-refractivity contribution < 1.29 is 14.3 Å². The summed E-state index contributed by atoms with van der Waals surface area (Å²) in [7, 11) is 1.63. The highest BCUT2D eigenvalue weighted by Gasteiger charge is 2.48. The lowest BCUT2D eigenvalue weighted by Gasteiger charge is -2.47. The van der Waals surface area contributed by atoms with Crippen LogP contribution in [0.5, 0.6) is 0 Å². The number of hydrogen-bond donors (Lipinski definition) is 0. The Balaban J connectivity index is 1.74. The first kappa shape index (κ1) is 17.2. The Labute approximate surface area is 147 Å². The van der Waals surface area contributed by atoms with Crippen molar-refractivity contribution in [3.05, 3.63) is 29.3 Å². The molecule has 1 aliphatic heterocycles. The lowest BCUT2D eigenvalue weighted by atomic mass is 9.68. The van der Waals surface area contributed by atoms with Gasteiger partial charge in [0.2, 0.25) is 11.8 Å². The van der Waals surface area contributed by atoms with Gasteiger partial charge in [-0.3, -0.25) is 9.59 Å². The predicted molar refractivity (Wildman–Crippen MR) is 93.1 cm³/mol. The first-order valence-corrected chi connectivity index (χ1v) is 8.70. The number of benzene rings is 1. The largest absolute Gasteiger partial charge is 0.384 e. The van der Waals surface area contributed by atoms with Gasteiger partial charge in [0.1, 0.15) is 6.54 Å². The number of rotatable bonds is 4. The second kappa shape index (κ2) is 6.73. The van der Waals surface area contributed by atoms with Crippen molar-refractivity contribution in [1.82, 2.24) is 4.90 Å². The number of ether oxygens (including phenoxy) is 1. The summed E-state index contributed by atoms with van der Waals surface area (Å²) in [5.74, 6) is 0.00266. The number of halogens is 1. The Bertz CT molecular complexity index is 628. The van der Waals surface area contributed by atoms with Gasteiger partial charge in [0.15, 0.2) is 0 Å². The first-order chi connectivity index (χ1) is 11.5. The van der Waals surface area contributed by atoms with Gasteiger partial charge in [0, 0.05) is 30.4 Å². The topological polar surface area (TPSA) is 49.9 Å². The molecule has 0 radical (unpaired) electrons. The fourth-order valence-electron chi connectivity index (χ4n) is 3.60. The summed E-state index contributed by atoms with van der Waals surface area (Å²) in [5.41, 5.74) is 0.393. The van der Waals surface area contributed by atoms with Gasteiger partial charge in [-0.2, -0.15) is 0 Å². The quantitative estimate of drug-likeness (QED) is 0.839. The molecule has 0 bridgehead atoms. The third kappa shape index (κ3) is 3.03. The molecular weight excluding hydrogens is 328 g/mol. The third-order valence-electron chi connectivity index (χ3n) is 5.17. The van der Waals surface area contributed by atoms with Crippen molar-refractivity contribution in [3.63, 3.8) is 0 Å². The SMILES string of the molecule is COCC1(C(=O)N2CC(=O)N(c3ccc(Cl)cc3)C[C@@H]2C)CCC1. The van der Waals surface area contributed by atoms with Crippen LogP contribution >= 0.6 is 11.6 Å². The van der Waals surface area contributed by atoms with Crippen molar-refractivity contribution >= 4 is 29.1 Å². The van der Waals surface area contributed by atoms with E-state index >= 15 is 0 Å². The van der Waals surface area contributed by atoms with Crippen LogP contribution in [-0.4, -0.2) is 49.6 Å². The molecule has 1 aromatic rings. The average Bonchev–Trinajstić information content (AvgIpc) is 2.53. The number of methoxy groups -OCH3 is 1. The smallest absolute Gasteiger partial charge is 0.246 e. The van der Waals surface area contributed by atoms with Crippen molar-refractivity contribution in [3.8, 4) is 0 Å². The number of carbonyl (C=O) groups excluding carboxylic acids is 2. The fourth-order valence-corrected chi connectivity index (χ4v) is 3.72. The van der Waals surface area contributed by atoms with Gasteiger partial charge >= 0.3 is 0 Å². The molecule has 1 aromatic carbocycles. The fraction of sp³-hybridized carbons (Fsp3) is 0.556. The highest BCUT2D eigenvalue weighted by Crippen LogP contribution is 2.43. The van der Waals surface area contributed by atoms with Crippen LogP contribution in [0.2, 0.25) is 5.02 Å². The van der Waals surface area contributed by atoms with Crippen LogP contribution in [0.3, 0.4) is 0 Å². The van der Waals surface area contributed by atoms with Crippen LogP contribution in [0, 0.1) is 5.41 Å². The van der Waals surface area contributed by atoms with Crippen LogP contribution in [0.1, 0.15) is 26.2 Å². The molecule has 1 saturated heterocycles. The summed E-state index contributed by atoms with van der Waals surface area (Å²) in [6.45, 7) is 3.04. The van der Waals surface area contributed by atoms with Crippen molar-refractivity contribution in [1.29, 1.82) is 0 Å². The van der Waals surface area contributed by atoms with Gasteiger partial charge in [-0.15, -0.1) is 0 Å². The number of anilines is 1. The molecule has 2 aliphatic rings. The van der Waals surface area contributed by atoms with Crippen molar-refractivity contribution in [2.75, 3.05) is 31.7 Å². The maximum atomic E-state index is 13.0. The zero-order valence-electron chi connectivity index (χ0n) is 14.1. The molecule has 1 aliphatic carbocycles. The Kier molecular flexibility index (Phi) is 4.83. The van der Waals surface area contributed by atoms with Crippen LogP contribution in [0.4, 0.5) is 5.69 Å². The second-order valence-corrected chi connectivity index (χ2v) is 7.27. The lowest BCUT2D eigenvalue weighted by molar-refractivity contribution is -0.157. The van der Waals surface area contributed by atoms with Gasteiger partial charge in [0.05, 0.1) is 12.0 Å². The summed E-state index contributed by atoms with van der Waals surface area (Å²) >= 11 is 5.91. The highest BCUT2D eigenvalue weighted by atomic mass is 35.5. The minimum Gasteiger partial charge on any atom is -0.384 e. The summed E-state index contributed by atoms with van der Waals surface area (Å²) in [5, 5.41) is 0.638. The number of piperazine rings is 1. The summed E-state index contributed by atoms with van der Waals surface area (Å²) in [6.07, 6.45) is 2.73. The molecule has 2 amide bonds. The van der Waals surface area contributed by atoms with E-state index in [1.807, 2.05) is 19.1 Å². The molecular formula is C18H23ClN2O3. The van der Waals surface area contributed by atoms with E-state index in [0.29, 0.717) is 18.2 Å². The van der Waals surface area contributed by atoms with E-state index in [2.05, 4.69) is 0 Å². The van der Waals surface area contributed by atoms with Crippen LogP contribution < -0.4 is 4.90 Å². The maximum Gasteiger partial charge on any atom is 0.246 e. The lowest BCUT2D eigenvalue weighted by Crippen LogP contribution is -2.61. The maximum absolute atomic E-state index is 13.0. The second-order valence-electron chi connectivity index (χ2n) is 6.83. The molecule has 0 aromatic heterocycles. The van der Waals surface area contributed by atoms with Crippen molar-refractivity contribution in [2.24, 2.45) is 5.41 Å². The normalized spacial score (nSPS) is 23.1. The molecule has 6 heteroatoms. The van der Waals surface area contributed by atoms with E-state index in [1.165, 1.54) is 0 Å². The third-order valence-corrected chi connectivity index (χ3v) is 5.42. The molecule has 0 unspecified atom stereocenters. The molecule has 1 heterocycles. The molecule has 130 valence electrons. The molecule has 1 saturated carbocycles. The minimum absolute atomic E-state index is 0.0276. The van der Waals surface area contributed by atoms with Crippen molar-refractivity contribution in [2.45, 2.75) is 32.2 Å². The van der Waals surface area contributed by atoms with Crippen LogP contribution in [0.15, 0.2) is 24.3 Å². The summed E-state index contributed by atoms with van der Waals surface area (Å²) in [6, 6.07) is 7.19. The Morgan fingerprint density at radius 3 is 2.54 bits per heavy atom. The zero-order chi connectivity index (χ0) is 17.3.